The molecule has 3 rings (SSSR count). The molecule has 156 valence electrons. The van der Waals surface area contributed by atoms with Crippen molar-refractivity contribution < 1.29 is 9.50 Å². The summed E-state index contributed by atoms with van der Waals surface area (Å²) < 4.78 is 14.9. The van der Waals surface area contributed by atoms with Gasteiger partial charge in [0, 0.05) is 23.0 Å². The Morgan fingerprint density at radius 1 is 1.00 bits per heavy atom. The maximum absolute atomic E-state index is 14.9. The monoisotopic (exact) mass is 412 g/mol. The number of nitrogens with two attached hydrogens (primary N) is 1. The standard InChI is InChI=1S/C27H25FN2O/c1-3-24(19-7-5-4-6-8-19)27(21-13-14-26(30)23(15-21)17-29)22-12-11-20(25(28)16-22)10-9-18(2)31/h4-17,29,31H,2-3,30H2,1H3/b10-9+,27-24-,29-17?. The van der Waals surface area contributed by atoms with E-state index in [1.807, 2.05) is 48.5 Å². The minimum atomic E-state index is -0.404. The predicted octanol–water partition coefficient (Wildman–Crippen LogP) is 6.86. The van der Waals surface area contributed by atoms with Crippen molar-refractivity contribution >= 4 is 29.1 Å². The molecule has 0 radical (unpaired) electrons. The number of hydrogen-bond donors (Lipinski definition) is 3. The molecule has 0 unspecified atom stereocenters. The Balaban J connectivity index is 2.27. The molecule has 0 aliphatic rings. The maximum atomic E-state index is 14.9. The second-order valence-electron chi connectivity index (χ2n) is 7.12. The lowest BCUT2D eigenvalue weighted by molar-refractivity contribution is 0.436. The second kappa shape index (κ2) is 9.72. The molecule has 0 atom stereocenters. The lowest BCUT2D eigenvalue weighted by Crippen LogP contribution is -1.99. The van der Waals surface area contributed by atoms with Gasteiger partial charge in [-0.1, -0.05) is 62.0 Å². The van der Waals surface area contributed by atoms with Crippen LogP contribution in [0.25, 0.3) is 17.2 Å². The van der Waals surface area contributed by atoms with E-state index in [2.05, 4.69) is 13.5 Å². The summed E-state index contributed by atoms with van der Waals surface area (Å²) >= 11 is 0. The minimum absolute atomic E-state index is 0.137. The molecule has 0 aliphatic carbocycles. The largest absolute Gasteiger partial charge is 0.509 e. The third-order valence-electron chi connectivity index (χ3n) is 5.05. The van der Waals surface area contributed by atoms with Crippen LogP contribution in [0.2, 0.25) is 0 Å². The van der Waals surface area contributed by atoms with Crippen LogP contribution in [-0.4, -0.2) is 11.3 Å². The number of rotatable bonds is 7. The molecule has 0 spiro atoms. The van der Waals surface area contributed by atoms with Crippen LogP contribution in [0.5, 0.6) is 0 Å². The topological polar surface area (TPSA) is 70.1 Å². The summed E-state index contributed by atoms with van der Waals surface area (Å²) in [7, 11) is 0. The molecule has 0 aliphatic heterocycles. The zero-order chi connectivity index (χ0) is 22.4. The average Bonchev–Trinajstić information content (AvgIpc) is 2.77. The number of aliphatic hydroxyl groups is 1. The molecule has 4 N–H and O–H groups in total. The van der Waals surface area contributed by atoms with Gasteiger partial charge in [-0.25, -0.2) is 4.39 Å². The number of anilines is 1. The zero-order valence-electron chi connectivity index (χ0n) is 17.4. The molecule has 0 bridgehead atoms. The van der Waals surface area contributed by atoms with Crippen molar-refractivity contribution in [2.24, 2.45) is 0 Å². The average molecular weight is 413 g/mol. The first-order valence-corrected chi connectivity index (χ1v) is 9.99. The van der Waals surface area contributed by atoms with E-state index in [9.17, 15) is 9.50 Å². The molecule has 0 fully saturated rings. The number of benzene rings is 3. The fraction of sp³-hybridized carbons (Fsp3) is 0.0741. The number of aliphatic hydroxyl groups excluding tert-OH is 1. The fourth-order valence-electron chi connectivity index (χ4n) is 3.54. The van der Waals surface area contributed by atoms with E-state index in [0.717, 1.165) is 34.3 Å². The molecular weight excluding hydrogens is 387 g/mol. The smallest absolute Gasteiger partial charge is 0.131 e. The highest BCUT2D eigenvalue weighted by molar-refractivity contribution is 6.00. The highest BCUT2D eigenvalue weighted by Crippen LogP contribution is 2.36. The maximum Gasteiger partial charge on any atom is 0.131 e. The summed E-state index contributed by atoms with van der Waals surface area (Å²) in [6.07, 6.45) is 4.80. The second-order valence-corrected chi connectivity index (χ2v) is 7.12. The van der Waals surface area contributed by atoms with Crippen LogP contribution in [0.15, 0.2) is 85.1 Å². The summed E-state index contributed by atoms with van der Waals surface area (Å²) in [5.74, 6) is -0.541. The highest BCUT2D eigenvalue weighted by Gasteiger charge is 2.15. The van der Waals surface area contributed by atoms with E-state index in [0.29, 0.717) is 16.8 Å². The quantitative estimate of drug-likeness (QED) is 0.130. The summed E-state index contributed by atoms with van der Waals surface area (Å²) in [5.41, 5.74) is 12.1. The van der Waals surface area contributed by atoms with Crippen LogP contribution >= 0.6 is 0 Å². The molecule has 4 heteroatoms. The Kier molecular flexibility index (Phi) is 6.83. The van der Waals surface area contributed by atoms with Gasteiger partial charge in [-0.05, 0) is 64.6 Å². The van der Waals surface area contributed by atoms with Gasteiger partial charge in [-0.15, -0.1) is 0 Å². The number of nitrogen functional groups attached to an aromatic ring is 1. The van der Waals surface area contributed by atoms with E-state index in [1.54, 1.807) is 12.1 Å². The first-order chi connectivity index (χ1) is 14.9. The van der Waals surface area contributed by atoms with Crippen LogP contribution in [-0.2, 0) is 0 Å². The van der Waals surface area contributed by atoms with Gasteiger partial charge in [0.05, 0.1) is 0 Å². The highest BCUT2D eigenvalue weighted by atomic mass is 19.1. The number of hydrogen-bond acceptors (Lipinski definition) is 3. The molecule has 0 heterocycles. The Bertz CT molecular complexity index is 1180. The molecule has 3 aromatic rings. The van der Waals surface area contributed by atoms with Crippen molar-refractivity contribution in [3.05, 3.63) is 119 Å². The van der Waals surface area contributed by atoms with E-state index in [1.165, 1.54) is 24.4 Å². The lowest BCUT2D eigenvalue weighted by Gasteiger charge is -2.18. The fourth-order valence-corrected chi connectivity index (χ4v) is 3.54. The van der Waals surface area contributed by atoms with Crippen molar-refractivity contribution in [2.75, 3.05) is 5.73 Å². The SMILES string of the molecule is C=C(O)/C=C/c1ccc(/C(=C(/CC)c2ccccc2)c2ccc(N)c(C=N)c2)cc1F. The van der Waals surface area contributed by atoms with Crippen LogP contribution in [0, 0.1) is 11.2 Å². The van der Waals surface area contributed by atoms with E-state index < -0.39 is 5.82 Å². The molecule has 0 saturated heterocycles. The summed E-state index contributed by atoms with van der Waals surface area (Å²) in [5, 5.41) is 16.9. The van der Waals surface area contributed by atoms with Crippen LogP contribution < -0.4 is 5.73 Å². The molecular formula is C27H25FN2O. The van der Waals surface area contributed by atoms with Gasteiger partial charge >= 0.3 is 0 Å². The minimum Gasteiger partial charge on any atom is -0.509 e. The van der Waals surface area contributed by atoms with Gasteiger partial charge in [0.1, 0.15) is 11.6 Å². The third-order valence-corrected chi connectivity index (χ3v) is 5.05. The molecule has 0 aromatic heterocycles. The van der Waals surface area contributed by atoms with Gasteiger partial charge in [0.2, 0.25) is 0 Å². The van der Waals surface area contributed by atoms with Crippen molar-refractivity contribution in [3.8, 4) is 0 Å². The van der Waals surface area contributed by atoms with E-state index in [4.69, 9.17) is 11.1 Å². The van der Waals surface area contributed by atoms with Crippen LogP contribution in [0.3, 0.4) is 0 Å². The molecule has 0 amide bonds. The normalized spacial score (nSPS) is 11.9. The van der Waals surface area contributed by atoms with Crippen LogP contribution in [0.1, 0.15) is 41.2 Å². The molecule has 0 saturated carbocycles. The lowest BCUT2D eigenvalue weighted by atomic mass is 9.87. The number of halogens is 1. The van der Waals surface area contributed by atoms with Crippen molar-refractivity contribution in [2.45, 2.75) is 13.3 Å². The summed E-state index contributed by atoms with van der Waals surface area (Å²) in [6, 6.07) is 20.5. The van der Waals surface area contributed by atoms with Crippen molar-refractivity contribution in [1.29, 1.82) is 5.41 Å². The van der Waals surface area contributed by atoms with E-state index >= 15 is 0 Å². The Morgan fingerprint density at radius 3 is 2.29 bits per heavy atom. The van der Waals surface area contributed by atoms with Gasteiger partial charge in [-0.3, -0.25) is 0 Å². The van der Waals surface area contributed by atoms with E-state index in [-0.39, 0.29) is 5.76 Å². The summed E-state index contributed by atoms with van der Waals surface area (Å²) in [4.78, 5) is 0. The Labute approximate surface area is 182 Å². The third kappa shape index (κ3) is 4.98. The number of nitrogens with one attached hydrogen (secondary N) is 1. The first kappa shape index (κ1) is 21.8. The zero-order valence-corrected chi connectivity index (χ0v) is 17.4. The summed E-state index contributed by atoms with van der Waals surface area (Å²) in [6.45, 7) is 5.45. The van der Waals surface area contributed by atoms with Gasteiger partial charge < -0.3 is 16.2 Å². The van der Waals surface area contributed by atoms with Gasteiger partial charge in [0.15, 0.2) is 0 Å². The van der Waals surface area contributed by atoms with Gasteiger partial charge in [-0.2, -0.15) is 0 Å². The van der Waals surface area contributed by atoms with Crippen molar-refractivity contribution in [3.63, 3.8) is 0 Å². The first-order valence-electron chi connectivity index (χ1n) is 9.99. The van der Waals surface area contributed by atoms with Crippen molar-refractivity contribution in [1.82, 2.24) is 0 Å². The van der Waals surface area contributed by atoms with Gasteiger partial charge in [0.25, 0.3) is 0 Å². The Hall–Kier alpha value is -3.92. The molecule has 3 nitrogen and oxygen atoms in total. The number of allylic oxidation sites excluding steroid dienone is 2. The van der Waals surface area contributed by atoms with Crippen LogP contribution in [0.4, 0.5) is 10.1 Å². The predicted molar refractivity (Wildman–Crippen MR) is 129 cm³/mol. The molecule has 3 aromatic carbocycles. The molecule has 31 heavy (non-hydrogen) atoms. The Morgan fingerprint density at radius 2 is 1.68 bits per heavy atom.